The van der Waals surface area contributed by atoms with Crippen LogP contribution in [-0.2, 0) is 23.2 Å². The molecule has 0 radical (unpaired) electrons. The molecule has 35 heavy (non-hydrogen) atoms. The molecular formula is C26H39N3O5S. The average Bonchev–Trinajstić information content (AvgIpc) is 2.81. The molecule has 0 fully saturated rings. The van der Waals surface area contributed by atoms with Gasteiger partial charge in [-0.2, -0.15) is 12.7 Å². The van der Waals surface area contributed by atoms with Gasteiger partial charge in [-0.25, -0.2) is 9.52 Å². The van der Waals surface area contributed by atoms with Crippen molar-refractivity contribution < 1.29 is 23.4 Å². The van der Waals surface area contributed by atoms with Gasteiger partial charge in [0, 0.05) is 26.2 Å². The number of amides is 1. The maximum absolute atomic E-state index is 13.0. The average molecular weight is 506 g/mol. The number of carboxylic acid groups (broad SMARTS) is 1. The van der Waals surface area contributed by atoms with Crippen LogP contribution in [0.3, 0.4) is 0 Å². The molecular weight excluding hydrogens is 466 g/mol. The van der Waals surface area contributed by atoms with Crippen molar-refractivity contribution in [3.8, 4) is 0 Å². The molecule has 0 aromatic heterocycles. The lowest BCUT2D eigenvalue weighted by molar-refractivity contribution is 0.0335. The summed E-state index contributed by atoms with van der Waals surface area (Å²) in [5, 5.41) is 21.4. The Morgan fingerprint density at radius 2 is 1.54 bits per heavy atom. The van der Waals surface area contributed by atoms with E-state index in [0.29, 0.717) is 13.0 Å². The van der Waals surface area contributed by atoms with Gasteiger partial charge in [-0.3, -0.25) is 4.90 Å². The lowest BCUT2D eigenvalue weighted by Gasteiger charge is -2.36. The van der Waals surface area contributed by atoms with Gasteiger partial charge < -0.3 is 10.2 Å². The van der Waals surface area contributed by atoms with E-state index in [9.17, 15) is 23.4 Å². The maximum atomic E-state index is 13.0. The van der Waals surface area contributed by atoms with Crippen LogP contribution < -0.4 is 4.72 Å². The molecule has 2 atom stereocenters. The highest BCUT2D eigenvalue weighted by Crippen LogP contribution is 2.19. The van der Waals surface area contributed by atoms with Crippen LogP contribution in [0.2, 0.25) is 0 Å². The molecule has 0 bridgehead atoms. The molecule has 0 spiro atoms. The summed E-state index contributed by atoms with van der Waals surface area (Å²) < 4.78 is 29.9. The molecule has 3 N–H and O–H groups in total. The lowest BCUT2D eigenvalue weighted by atomic mass is 9.98. The Balaban J connectivity index is 2.35. The van der Waals surface area contributed by atoms with Crippen molar-refractivity contribution >= 4 is 16.3 Å². The normalized spacial score (nSPS) is 13.7. The first-order valence-corrected chi connectivity index (χ1v) is 13.6. The van der Waals surface area contributed by atoms with Gasteiger partial charge in [-0.05, 0) is 29.9 Å². The molecule has 8 nitrogen and oxygen atoms in total. The SMILES string of the molecule is CCCCNS(=O)(=O)N(CC(C)C)C[C@@H](O)[C@H](Cc1ccccc1)N(Cc1ccccc1)C(=O)O. The van der Waals surface area contributed by atoms with Gasteiger partial charge in [0.1, 0.15) is 0 Å². The fourth-order valence-electron chi connectivity index (χ4n) is 3.89. The van der Waals surface area contributed by atoms with E-state index in [4.69, 9.17) is 0 Å². The van der Waals surface area contributed by atoms with Crippen LogP contribution in [0.1, 0.15) is 44.7 Å². The minimum atomic E-state index is -3.84. The number of hydrogen-bond donors (Lipinski definition) is 3. The molecule has 2 rings (SSSR count). The highest BCUT2D eigenvalue weighted by atomic mass is 32.2. The van der Waals surface area contributed by atoms with Crippen LogP contribution in [0.4, 0.5) is 4.79 Å². The van der Waals surface area contributed by atoms with E-state index in [1.54, 1.807) is 0 Å². The molecule has 0 heterocycles. The quantitative estimate of drug-likeness (QED) is 0.320. The van der Waals surface area contributed by atoms with Crippen molar-refractivity contribution in [3.05, 3.63) is 71.8 Å². The summed E-state index contributed by atoms with van der Waals surface area (Å²) in [5.41, 5.74) is 1.64. The van der Waals surface area contributed by atoms with Crippen molar-refractivity contribution in [3.63, 3.8) is 0 Å². The number of aliphatic hydroxyl groups is 1. The molecule has 0 saturated carbocycles. The smallest absolute Gasteiger partial charge is 0.407 e. The Kier molecular flexibility index (Phi) is 11.7. The van der Waals surface area contributed by atoms with Crippen LogP contribution in [0, 0.1) is 5.92 Å². The second kappa shape index (κ2) is 14.2. The molecule has 9 heteroatoms. The van der Waals surface area contributed by atoms with Gasteiger partial charge >= 0.3 is 6.09 Å². The molecule has 0 aliphatic carbocycles. The minimum absolute atomic E-state index is 0.0254. The van der Waals surface area contributed by atoms with Gasteiger partial charge in [0.2, 0.25) is 0 Å². The summed E-state index contributed by atoms with van der Waals surface area (Å²) >= 11 is 0. The van der Waals surface area contributed by atoms with Crippen molar-refractivity contribution in [1.82, 2.24) is 13.9 Å². The van der Waals surface area contributed by atoms with Crippen molar-refractivity contribution in [2.45, 2.75) is 58.7 Å². The third-order valence-electron chi connectivity index (χ3n) is 5.69. The van der Waals surface area contributed by atoms with Gasteiger partial charge in [0.05, 0.1) is 12.1 Å². The van der Waals surface area contributed by atoms with E-state index in [0.717, 1.165) is 17.5 Å². The zero-order valence-electron chi connectivity index (χ0n) is 20.9. The largest absolute Gasteiger partial charge is 0.465 e. The topological polar surface area (TPSA) is 110 Å². The third-order valence-corrected chi connectivity index (χ3v) is 7.23. The fourth-order valence-corrected chi connectivity index (χ4v) is 5.32. The predicted molar refractivity (Wildman–Crippen MR) is 138 cm³/mol. The van der Waals surface area contributed by atoms with E-state index in [1.165, 1.54) is 9.21 Å². The highest BCUT2D eigenvalue weighted by molar-refractivity contribution is 7.87. The first kappa shape index (κ1) is 28.8. The first-order chi connectivity index (χ1) is 16.6. The summed E-state index contributed by atoms with van der Waals surface area (Å²) in [5.74, 6) is 0.0254. The van der Waals surface area contributed by atoms with E-state index in [1.807, 2.05) is 81.4 Å². The lowest BCUT2D eigenvalue weighted by Crippen LogP contribution is -2.54. The first-order valence-electron chi connectivity index (χ1n) is 12.1. The highest BCUT2D eigenvalue weighted by Gasteiger charge is 2.34. The molecule has 0 aliphatic rings. The summed E-state index contributed by atoms with van der Waals surface area (Å²) in [6, 6.07) is 17.6. The third kappa shape index (κ3) is 9.60. The monoisotopic (exact) mass is 505 g/mol. The van der Waals surface area contributed by atoms with Crippen molar-refractivity contribution in [2.24, 2.45) is 5.92 Å². The number of carbonyl (C=O) groups is 1. The van der Waals surface area contributed by atoms with E-state index in [2.05, 4.69) is 4.72 Å². The Morgan fingerprint density at radius 3 is 2.06 bits per heavy atom. The van der Waals surface area contributed by atoms with Crippen molar-refractivity contribution in [1.29, 1.82) is 0 Å². The second-order valence-corrected chi connectivity index (χ2v) is 10.9. The van der Waals surface area contributed by atoms with Crippen molar-refractivity contribution in [2.75, 3.05) is 19.6 Å². The van der Waals surface area contributed by atoms with Crippen LogP contribution >= 0.6 is 0 Å². The van der Waals surface area contributed by atoms with Crippen LogP contribution in [-0.4, -0.2) is 65.7 Å². The molecule has 2 aromatic carbocycles. The molecule has 0 saturated heterocycles. The number of nitrogens with one attached hydrogen (secondary N) is 1. The number of aliphatic hydroxyl groups excluding tert-OH is 1. The number of benzene rings is 2. The summed E-state index contributed by atoms with van der Waals surface area (Å²) in [4.78, 5) is 13.6. The maximum Gasteiger partial charge on any atom is 0.407 e. The van der Waals surface area contributed by atoms with Gasteiger partial charge in [-0.15, -0.1) is 0 Å². The van der Waals surface area contributed by atoms with E-state index >= 15 is 0 Å². The second-order valence-electron chi connectivity index (χ2n) is 9.18. The van der Waals surface area contributed by atoms with Gasteiger partial charge in [0.15, 0.2) is 0 Å². The molecule has 2 aromatic rings. The number of hydrogen-bond acceptors (Lipinski definition) is 4. The number of nitrogens with zero attached hydrogens (tertiary/aromatic N) is 2. The summed E-state index contributed by atoms with van der Waals surface area (Å²) in [7, 11) is -3.84. The number of unbranched alkanes of at least 4 members (excludes halogenated alkanes) is 1. The molecule has 0 unspecified atom stereocenters. The Hall–Kier alpha value is -2.46. The summed E-state index contributed by atoms with van der Waals surface area (Å²) in [6.07, 6.45) is -0.607. The Bertz CT molecular complexity index is 987. The standard InChI is InChI=1S/C26H39N3O5S/c1-4-5-16-27-35(33,34)28(18-21(2)3)20-25(30)24(17-22-12-8-6-9-13-22)29(26(31)32)19-23-14-10-7-11-15-23/h6-15,21,24-25,27,30H,4-5,16-20H2,1-3H3,(H,31,32)/t24-,25+/m0/s1. The molecule has 194 valence electrons. The zero-order valence-corrected chi connectivity index (χ0v) is 21.7. The molecule has 1 amide bonds. The minimum Gasteiger partial charge on any atom is -0.465 e. The fraction of sp³-hybridized carbons (Fsp3) is 0.500. The van der Waals surface area contributed by atoms with Crippen LogP contribution in [0.25, 0.3) is 0 Å². The summed E-state index contributed by atoms with van der Waals surface area (Å²) in [6.45, 7) is 6.18. The van der Waals surface area contributed by atoms with Crippen LogP contribution in [0.5, 0.6) is 0 Å². The number of rotatable bonds is 15. The van der Waals surface area contributed by atoms with E-state index < -0.39 is 28.4 Å². The van der Waals surface area contributed by atoms with E-state index in [-0.39, 0.29) is 32.0 Å². The van der Waals surface area contributed by atoms with Gasteiger partial charge in [0.25, 0.3) is 10.2 Å². The predicted octanol–water partition coefficient (Wildman–Crippen LogP) is 3.73. The van der Waals surface area contributed by atoms with Gasteiger partial charge in [-0.1, -0.05) is 87.9 Å². The Morgan fingerprint density at radius 1 is 0.971 bits per heavy atom. The van der Waals surface area contributed by atoms with Crippen LogP contribution in [0.15, 0.2) is 60.7 Å². The Labute approximate surface area is 209 Å². The molecule has 0 aliphatic heterocycles. The zero-order chi connectivity index (χ0) is 25.8.